The van der Waals surface area contributed by atoms with Crippen molar-refractivity contribution >= 4 is 22.9 Å². The van der Waals surface area contributed by atoms with Gasteiger partial charge in [-0.05, 0) is 31.4 Å². The number of anilines is 1. The molecular weight excluding hydrogens is 282 g/mol. The lowest BCUT2D eigenvalue weighted by Gasteiger charge is -2.14. The first-order valence-corrected chi connectivity index (χ1v) is 7.92. The van der Waals surface area contributed by atoms with Crippen molar-refractivity contribution in [3.8, 4) is 11.3 Å². The molecule has 0 aliphatic carbocycles. The summed E-state index contributed by atoms with van der Waals surface area (Å²) in [5.74, 6) is 0.266. The lowest BCUT2D eigenvalue weighted by molar-refractivity contribution is -0.117. The Kier molecular flexibility index (Phi) is 5.09. The first-order valence-electron chi connectivity index (χ1n) is 7.04. The zero-order valence-electron chi connectivity index (χ0n) is 12.6. The predicted octanol–water partition coefficient (Wildman–Crippen LogP) is 3.43. The first kappa shape index (κ1) is 15.7. The van der Waals surface area contributed by atoms with Gasteiger partial charge in [0, 0.05) is 16.6 Å². The van der Waals surface area contributed by atoms with Crippen molar-refractivity contribution in [2.75, 3.05) is 5.32 Å². The Morgan fingerprint density at radius 1 is 1.33 bits per heavy atom. The number of carbonyl (C=O) groups excluding carboxylic acids is 1. The maximum atomic E-state index is 12.0. The molecule has 1 aromatic heterocycles. The van der Waals surface area contributed by atoms with Gasteiger partial charge in [-0.15, -0.1) is 11.3 Å². The topological polar surface area (TPSA) is 68.0 Å². The zero-order chi connectivity index (χ0) is 15.4. The number of nitrogens with zero attached hydrogens (tertiary/aromatic N) is 1. The molecule has 0 bridgehead atoms. The Labute approximate surface area is 129 Å². The third kappa shape index (κ3) is 4.37. The van der Waals surface area contributed by atoms with E-state index in [9.17, 15) is 4.79 Å². The number of nitrogens with two attached hydrogens (primary N) is 1. The number of nitrogens with one attached hydrogen (secondary N) is 1. The van der Waals surface area contributed by atoms with E-state index in [0.717, 1.165) is 22.0 Å². The normalized spacial score (nSPS) is 12.4. The molecule has 1 amide bonds. The van der Waals surface area contributed by atoms with Gasteiger partial charge in [-0.1, -0.05) is 26.0 Å². The second kappa shape index (κ2) is 6.83. The van der Waals surface area contributed by atoms with Crippen LogP contribution in [0.15, 0.2) is 29.6 Å². The highest BCUT2D eigenvalue weighted by Gasteiger charge is 2.15. The second-order valence-corrected chi connectivity index (χ2v) is 6.62. The molecular formula is C16H21N3OS. The third-order valence-electron chi connectivity index (χ3n) is 3.13. The van der Waals surface area contributed by atoms with Crippen LogP contribution >= 0.6 is 11.3 Å². The number of rotatable bonds is 5. The summed E-state index contributed by atoms with van der Waals surface area (Å²) in [5.41, 5.74) is 8.64. The molecule has 0 aliphatic heterocycles. The van der Waals surface area contributed by atoms with E-state index >= 15 is 0 Å². The molecule has 112 valence electrons. The fourth-order valence-corrected chi connectivity index (χ4v) is 2.69. The standard InChI is InChI=1S/C16H21N3OS/c1-10(2)8-14(17)16(20)19-13-6-4-12(5-7-13)15-9-21-11(3)18-15/h4-7,9-10,14H,8,17H2,1-3H3,(H,19,20)/t14-/m1/s1. The van der Waals surface area contributed by atoms with Gasteiger partial charge in [-0.25, -0.2) is 4.98 Å². The average Bonchev–Trinajstić information content (AvgIpc) is 2.85. The molecule has 3 N–H and O–H groups in total. The molecule has 5 heteroatoms. The van der Waals surface area contributed by atoms with Gasteiger partial charge in [0.2, 0.25) is 5.91 Å². The summed E-state index contributed by atoms with van der Waals surface area (Å²) in [6.45, 7) is 6.09. The van der Waals surface area contributed by atoms with E-state index in [1.807, 2.05) is 36.6 Å². The zero-order valence-corrected chi connectivity index (χ0v) is 13.4. The van der Waals surface area contributed by atoms with E-state index in [4.69, 9.17) is 5.73 Å². The van der Waals surface area contributed by atoms with Crippen LogP contribution in [0.25, 0.3) is 11.3 Å². The maximum Gasteiger partial charge on any atom is 0.241 e. The number of hydrogen-bond donors (Lipinski definition) is 2. The van der Waals surface area contributed by atoms with Crippen molar-refractivity contribution in [3.63, 3.8) is 0 Å². The lowest BCUT2D eigenvalue weighted by atomic mass is 10.0. The van der Waals surface area contributed by atoms with Gasteiger partial charge in [0.25, 0.3) is 0 Å². The van der Waals surface area contributed by atoms with Crippen LogP contribution in [0.3, 0.4) is 0 Å². The van der Waals surface area contributed by atoms with Crippen molar-refractivity contribution in [2.45, 2.75) is 33.2 Å². The fourth-order valence-electron chi connectivity index (χ4n) is 2.07. The van der Waals surface area contributed by atoms with Crippen molar-refractivity contribution in [2.24, 2.45) is 11.7 Å². The quantitative estimate of drug-likeness (QED) is 0.889. The van der Waals surface area contributed by atoms with Gasteiger partial charge >= 0.3 is 0 Å². The van der Waals surface area contributed by atoms with Gasteiger partial charge in [0.15, 0.2) is 0 Å². The maximum absolute atomic E-state index is 12.0. The van der Waals surface area contributed by atoms with Crippen LogP contribution in [0.5, 0.6) is 0 Å². The third-order valence-corrected chi connectivity index (χ3v) is 3.90. The van der Waals surface area contributed by atoms with E-state index < -0.39 is 6.04 Å². The van der Waals surface area contributed by atoms with Crippen molar-refractivity contribution in [3.05, 3.63) is 34.7 Å². The molecule has 0 saturated carbocycles. The Balaban J connectivity index is 2.01. The van der Waals surface area contributed by atoms with E-state index in [2.05, 4.69) is 24.1 Å². The molecule has 0 saturated heterocycles. The van der Waals surface area contributed by atoms with Crippen molar-refractivity contribution < 1.29 is 4.79 Å². The van der Waals surface area contributed by atoms with E-state index in [1.54, 1.807) is 11.3 Å². The molecule has 0 radical (unpaired) electrons. The SMILES string of the molecule is Cc1nc(-c2ccc(NC(=O)[C@H](N)CC(C)C)cc2)cs1. The number of hydrogen-bond acceptors (Lipinski definition) is 4. The lowest BCUT2D eigenvalue weighted by Crippen LogP contribution is -2.36. The van der Waals surface area contributed by atoms with Gasteiger partial charge in [-0.2, -0.15) is 0 Å². The number of carbonyl (C=O) groups is 1. The second-order valence-electron chi connectivity index (χ2n) is 5.55. The van der Waals surface area contributed by atoms with Gasteiger partial charge in [-0.3, -0.25) is 4.79 Å². The Morgan fingerprint density at radius 2 is 2.00 bits per heavy atom. The highest BCUT2D eigenvalue weighted by atomic mass is 32.1. The Hall–Kier alpha value is -1.72. The number of aromatic nitrogens is 1. The molecule has 1 aromatic carbocycles. The minimum atomic E-state index is -0.467. The molecule has 4 nitrogen and oxygen atoms in total. The van der Waals surface area contributed by atoms with Crippen LogP contribution < -0.4 is 11.1 Å². The summed E-state index contributed by atoms with van der Waals surface area (Å²) in [6.07, 6.45) is 0.683. The molecule has 0 fully saturated rings. The van der Waals surface area contributed by atoms with E-state index in [-0.39, 0.29) is 5.91 Å². The molecule has 21 heavy (non-hydrogen) atoms. The van der Waals surface area contributed by atoms with Crippen LogP contribution in [-0.2, 0) is 4.79 Å². The summed E-state index contributed by atoms with van der Waals surface area (Å²) in [6, 6.07) is 7.20. The van der Waals surface area contributed by atoms with E-state index in [1.165, 1.54) is 0 Å². The van der Waals surface area contributed by atoms with Crippen LogP contribution in [0.2, 0.25) is 0 Å². The highest BCUT2D eigenvalue weighted by molar-refractivity contribution is 7.09. The molecule has 2 rings (SSSR count). The van der Waals surface area contributed by atoms with Crippen LogP contribution in [0.1, 0.15) is 25.3 Å². The molecule has 1 atom stereocenters. The number of amides is 1. The number of aryl methyl sites for hydroxylation is 1. The predicted molar refractivity (Wildman–Crippen MR) is 88.3 cm³/mol. The summed E-state index contributed by atoms with van der Waals surface area (Å²) in [4.78, 5) is 16.4. The Bertz CT molecular complexity index is 604. The van der Waals surface area contributed by atoms with Crippen LogP contribution in [0, 0.1) is 12.8 Å². The largest absolute Gasteiger partial charge is 0.325 e. The molecule has 0 unspecified atom stereocenters. The molecule has 1 heterocycles. The minimum Gasteiger partial charge on any atom is -0.325 e. The average molecular weight is 303 g/mol. The molecule has 0 aliphatic rings. The van der Waals surface area contributed by atoms with Crippen molar-refractivity contribution in [1.29, 1.82) is 0 Å². The van der Waals surface area contributed by atoms with Gasteiger partial charge in [0.1, 0.15) is 0 Å². The Morgan fingerprint density at radius 3 is 2.52 bits per heavy atom. The number of thiazole rings is 1. The molecule has 0 spiro atoms. The van der Waals surface area contributed by atoms with Gasteiger partial charge < -0.3 is 11.1 Å². The van der Waals surface area contributed by atoms with Gasteiger partial charge in [0.05, 0.1) is 16.7 Å². The monoisotopic (exact) mass is 303 g/mol. The summed E-state index contributed by atoms with van der Waals surface area (Å²) in [5, 5.41) is 5.92. The first-order chi connectivity index (χ1) is 9.95. The van der Waals surface area contributed by atoms with Crippen LogP contribution in [-0.4, -0.2) is 16.9 Å². The summed E-state index contributed by atoms with van der Waals surface area (Å²) in [7, 11) is 0. The smallest absolute Gasteiger partial charge is 0.241 e. The van der Waals surface area contributed by atoms with Crippen LogP contribution in [0.4, 0.5) is 5.69 Å². The minimum absolute atomic E-state index is 0.138. The van der Waals surface area contributed by atoms with Crippen molar-refractivity contribution in [1.82, 2.24) is 4.98 Å². The summed E-state index contributed by atoms with van der Waals surface area (Å²) >= 11 is 1.63. The molecule has 2 aromatic rings. The summed E-state index contributed by atoms with van der Waals surface area (Å²) < 4.78 is 0. The number of benzene rings is 1. The fraction of sp³-hybridized carbons (Fsp3) is 0.375. The van der Waals surface area contributed by atoms with E-state index in [0.29, 0.717) is 12.3 Å². The highest BCUT2D eigenvalue weighted by Crippen LogP contribution is 2.23.